The number of thiophene rings is 1. The minimum Gasteiger partial charge on any atom is -0.390 e. The van der Waals surface area contributed by atoms with Crippen LogP contribution in [0.2, 0.25) is 0 Å². The monoisotopic (exact) mass is 317 g/mol. The lowest BCUT2D eigenvalue weighted by Gasteiger charge is -2.25. The molecule has 0 aliphatic heterocycles. The lowest BCUT2D eigenvalue weighted by Crippen LogP contribution is -2.31. The number of halogens is 1. The summed E-state index contributed by atoms with van der Waals surface area (Å²) in [4.78, 5) is 1.31. The van der Waals surface area contributed by atoms with E-state index in [1.165, 1.54) is 4.88 Å². The first kappa shape index (κ1) is 14.9. The van der Waals surface area contributed by atoms with Gasteiger partial charge in [0.2, 0.25) is 0 Å². The van der Waals surface area contributed by atoms with E-state index in [2.05, 4.69) is 40.0 Å². The Labute approximate surface area is 116 Å². The smallest absolute Gasteiger partial charge is 0.0701 e. The van der Waals surface area contributed by atoms with Gasteiger partial charge in [0, 0.05) is 11.4 Å². The zero-order chi connectivity index (χ0) is 12.7. The SMILES string of the molecule is C=CCC(O)(CC)CCNCc1ccc(Br)s1. The molecular weight excluding hydrogens is 298 g/mol. The van der Waals surface area contributed by atoms with Crippen molar-refractivity contribution in [3.8, 4) is 0 Å². The minimum absolute atomic E-state index is 0.592. The second-order valence-electron chi connectivity index (χ2n) is 4.20. The Morgan fingerprint density at radius 1 is 1.59 bits per heavy atom. The molecule has 2 N–H and O–H groups in total. The highest BCUT2D eigenvalue weighted by atomic mass is 79.9. The molecule has 0 saturated heterocycles. The maximum atomic E-state index is 10.2. The first-order chi connectivity index (χ1) is 8.09. The van der Waals surface area contributed by atoms with Gasteiger partial charge in [-0.3, -0.25) is 0 Å². The minimum atomic E-state index is -0.592. The molecule has 1 unspecified atom stereocenters. The Kier molecular flexibility index (Phi) is 6.41. The van der Waals surface area contributed by atoms with E-state index in [1.807, 2.05) is 6.92 Å². The van der Waals surface area contributed by atoms with Gasteiger partial charge in [-0.1, -0.05) is 13.0 Å². The summed E-state index contributed by atoms with van der Waals surface area (Å²) in [6.07, 6.45) is 3.99. The largest absolute Gasteiger partial charge is 0.390 e. The van der Waals surface area contributed by atoms with Crippen LogP contribution in [0.3, 0.4) is 0 Å². The topological polar surface area (TPSA) is 32.3 Å². The van der Waals surface area contributed by atoms with E-state index in [0.717, 1.165) is 29.7 Å². The van der Waals surface area contributed by atoms with Crippen molar-refractivity contribution in [2.45, 2.75) is 38.3 Å². The first-order valence-electron chi connectivity index (χ1n) is 5.88. The van der Waals surface area contributed by atoms with Crippen molar-refractivity contribution in [2.75, 3.05) is 6.54 Å². The maximum absolute atomic E-state index is 10.2. The van der Waals surface area contributed by atoms with Gasteiger partial charge in [0.15, 0.2) is 0 Å². The molecule has 0 aliphatic rings. The van der Waals surface area contributed by atoms with Gasteiger partial charge < -0.3 is 10.4 Å². The fourth-order valence-electron chi connectivity index (χ4n) is 1.67. The van der Waals surface area contributed by atoms with E-state index < -0.39 is 5.60 Å². The van der Waals surface area contributed by atoms with Crippen molar-refractivity contribution in [1.29, 1.82) is 0 Å². The van der Waals surface area contributed by atoms with Gasteiger partial charge >= 0.3 is 0 Å². The third kappa shape index (κ3) is 5.34. The number of aliphatic hydroxyl groups is 1. The van der Waals surface area contributed by atoms with Crippen LogP contribution in [0.4, 0.5) is 0 Å². The van der Waals surface area contributed by atoms with E-state index in [-0.39, 0.29) is 0 Å². The van der Waals surface area contributed by atoms with E-state index in [4.69, 9.17) is 0 Å². The molecule has 17 heavy (non-hydrogen) atoms. The number of nitrogens with one attached hydrogen (secondary N) is 1. The van der Waals surface area contributed by atoms with Crippen molar-refractivity contribution in [3.05, 3.63) is 33.5 Å². The van der Waals surface area contributed by atoms with Crippen LogP contribution in [-0.2, 0) is 6.54 Å². The van der Waals surface area contributed by atoms with Gasteiger partial charge in [-0.2, -0.15) is 0 Å². The zero-order valence-corrected chi connectivity index (χ0v) is 12.6. The molecule has 2 nitrogen and oxygen atoms in total. The Bertz CT molecular complexity index is 353. The summed E-state index contributed by atoms with van der Waals surface area (Å²) in [5.74, 6) is 0. The van der Waals surface area contributed by atoms with E-state index in [0.29, 0.717) is 6.42 Å². The van der Waals surface area contributed by atoms with Crippen LogP contribution in [0.5, 0.6) is 0 Å². The first-order valence-corrected chi connectivity index (χ1v) is 7.49. The van der Waals surface area contributed by atoms with Gasteiger partial charge in [0.05, 0.1) is 9.39 Å². The van der Waals surface area contributed by atoms with Crippen LogP contribution in [-0.4, -0.2) is 17.3 Å². The summed E-state index contributed by atoms with van der Waals surface area (Å²) in [7, 11) is 0. The Morgan fingerprint density at radius 3 is 2.88 bits per heavy atom. The summed E-state index contributed by atoms with van der Waals surface area (Å²) in [5.41, 5.74) is -0.592. The quantitative estimate of drug-likeness (QED) is 0.566. The van der Waals surface area contributed by atoms with Crippen LogP contribution in [0.15, 0.2) is 28.6 Å². The number of hydrogen-bond acceptors (Lipinski definition) is 3. The summed E-state index contributed by atoms with van der Waals surface area (Å²) < 4.78 is 1.16. The third-order valence-electron chi connectivity index (χ3n) is 2.88. The number of rotatable bonds is 8. The van der Waals surface area contributed by atoms with Gasteiger partial charge in [0.25, 0.3) is 0 Å². The molecule has 0 amide bonds. The average molecular weight is 318 g/mol. The van der Waals surface area contributed by atoms with E-state index in [1.54, 1.807) is 17.4 Å². The van der Waals surface area contributed by atoms with Crippen LogP contribution in [0, 0.1) is 0 Å². The highest BCUT2D eigenvalue weighted by Crippen LogP contribution is 2.22. The fraction of sp³-hybridized carbons (Fsp3) is 0.538. The van der Waals surface area contributed by atoms with Crippen molar-refractivity contribution >= 4 is 27.3 Å². The molecule has 0 saturated carbocycles. The predicted octanol–water partition coefficient (Wildman–Crippen LogP) is 3.71. The normalized spacial score (nSPS) is 14.5. The highest BCUT2D eigenvalue weighted by Gasteiger charge is 2.21. The summed E-state index contributed by atoms with van der Waals surface area (Å²) in [6.45, 7) is 7.39. The fourth-order valence-corrected chi connectivity index (χ4v) is 3.12. The predicted molar refractivity (Wildman–Crippen MR) is 78.4 cm³/mol. The second kappa shape index (κ2) is 7.31. The summed E-state index contributed by atoms with van der Waals surface area (Å²) in [6, 6.07) is 4.17. The summed E-state index contributed by atoms with van der Waals surface area (Å²) >= 11 is 5.18. The standard InChI is InChI=1S/C13H20BrNOS/c1-3-7-13(16,4-2)8-9-15-10-11-5-6-12(14)17-11/h3,5-6,15-16H,1,4,7-10H2,2H3. The molecule has 0 bridgehead atoms. The Morgan fingerprint density at radius 2 is 2.35 bits per heavy atom. The molecule has 1 atom stereocenters. The van der Waals surface area contributed by atoms with Crippen LogP contribution in [0.1, 0.15) is 31.1 Å². The second-order valence-corrected chi connectivity index (χ2v) is 6.75. The van der Waals surface area contributed by atoms with Crippen molar-refractivity contribution < 1.29 is 5.11 Å². The zero-order valence-electron chi connectivity index (χ0n) is 10.2. The number of hydrogen-bond donors (Lipinski definition) is 2. The molecule has 0 aliphatic carbocycles. The average Bonchev–Trinajstić information content (AvgIpc) is 2.71. The van der Waals surface area contributed by atoms with Gasteiger partial charge in [-0.05, 0) is 53.9 Å². The summed E-state index contributed by atoms with van der Waals surface area (Å²) in [5, 5.41) is 13.6. The molecule has 96 valence electrons. The molecule has 0 radical (unpaired) electrons. The molecule has 4 heteroatoms. The van der Waals surface area contributed by atoms with Gasteiger partial charge in [0.1, 0.15) is 0 Å². The van der Waals surface area contributed by atoms with Crippen molar-refractivity contribution in [2.24, 2.45) is 0 Å². The molecule has 1 aromatic heterocycles. The molecule has 1 aromatic rings. The lowest BCUT2D eigenvalue weighted by atomic mass is 9.93. The third-order valence-corrected chi connectivity index (χ3v) is 4.50. The molecule has 0 fully saturated rings. The van der Waals surface area contributed by atoms with E-state index in [9.17, 15) is 5.11 Å². The van der Waals surface area contributed by atoms with Crippen LogP contribution in [0.25, 0.3) is 0 Å². The van der Waals surface area contributed by atoms with Crippen molar-refractivity contribution in [1.82, 2.24) is 5.32 Å². The molecule has 0 spiro atoms. The van der Waals surface area contributed by atoms with Gasteiger partial charge in [-0.15, -0.1) is 17.9 Å². The Hall–Kier alpha value is -0.160. The van der Waals surface area contributed by atoms with Crippen LogP contribution < -0.4 is 5.32 Å². The molecule has 0 aromatic carbocycles. The maximum Gasteiger partial charge on any atom is 0.0701 e. The van der Waals surface area contributed by atoms with E-state index >= 15 is 0 Å². The molecule has 1 heterocycles. The highest BCUT2D eigenvalue weighted by molar-refractivity contribution is 9.11. The van der Waals surface area contributed by atoms with Crippen LogP contribution >= 0.6 is 27.3 Å². The van der Waals surface area contributed by atoms with Gasteiger partial charge in [-0.25, -0.2) is 0 Å². The Balaban J connectivity index is 2.25. The lowest BCUT2D eigenvalue weighted by molar-refractivity contribution is 0.0308. The molecular formula is C13H20BrNOS. The van der Waals surface area contributed by atoms with Crippen molar-refractivity contribution in [3.63, 3.8) is 0 Å². The molecule has 1 rings (SSSR count).